The second-order valence-electron chi connectivity index (χ2n) is 11.5. The summed E-state index contributed by atoms with van der Waals surface area (Å²) in [6.07, 6.45) is 9.54. The van der Waals surface area contributed by atoms with E-state index in [1.807, 2.05) is 37.8 Å². The average molecular weight is 509 g/mol. The highest BCUT2D eigenvalue weighted by atomic mass is 16.6. The van der Waals surface area contributed by atoms with Crippen molar-refractivity contribution < 1.29 is 19.1 Å². The van der Waals surface area contributed by atoms with Gasteiger partial charge in [0.15, 0.2) is 0 Å². The monoisotopic (exact) mass is 508 g/mol. The van der Waals surface area contributed by atoms with E-state index >= 15 is 0 Å². The van der Waals surface area contributed by atoms with Crippen LogP contribution in [0.25, 0.3) is 10.4 Å². The van der Waals surface area contributed by atoms with Crippen LogP contribution in [0.3, 0.4) is 0 Å². The van der Waals surface area contributed by atoms with Crippen LogP contribution in [-0.4, -0.2) is 71.2 Å². The van der Waals surface area contributed by atoms with Crippen molar-refractivity contribution in [3.05, 3.63) is 41.5 Å². The molecule has 2 amide bonds. The Morgan fingerprint density at radius 1 is 1.05 bits per heavy atom. The van der Waals surface area contributed by atoms with Gasteiger partial charge < -0.3 is 24.1 Å². The first-order chi connectivity index (χ1) is 17.7. The van der Waals surface area contributed by atoms with Crippen LogP contribution in [0, 0.1) is 18.4 Å². The van der Waals surface area contributed by atoms with Crippen LogP contribution in [0.2, 0.25) is 0 Å². The van der Waals surface area contributed by atoms with Crippen LogP contribution in [0.15, 0.2) is 24.4 Å². The molecule has 3 aliphatic rings. The van der Waals surface area contributed by atoms with Crippen LogP contribution in [0.4, 0.5) is 4.79 Å². The van der Waals surface area contributed by atoms with E-state index in [1.165, 1.54) is 5.57 Å². The number of carbonyl (C=O) groups excluding carboxylic acids is 2. The molecule has 4 rings (SSSR count). The molecule has 8 nitrogen and oxygen atoms in total. The van der Waals surface area contributed by atoms with Gasteiger partial charge in [-0.25, -0.2) is 11.4 Å². The van der Waals surface area contributed by atoms with Gasteiger partial charge in [-0.05, 0) is 76.5 Å². The van der Waals surface area contributed by atoms with Gasteiger partial charge in [0, 0.05) is 44.9 Å². The number of rotatable bonds is 5. The van der Waals surface area contributed by atoms with Crippen LogP contribution in [-0.2, 0) is 9.53 Å². The number of hydrogen-bond donors (Lipinski definition) is 0. The molecule has 1 aromatic rings. The molecule has 0 radical (unpaired) electrons. The molecule has 1 atom stereocenters. The van der Waals surface area contributed by atoms with Crippen LogP contribution in [0.1, 0.15) is 71.4 Å². The maximum Gasteiger partial charge on any atom is 0.410 e. The fraction of sp³-hybridized carbons (Fsp3) is 0.655. The topological polar surface area (TPSA) is 76.3 Å². The van der Waals surface area contributed by atoms with Crippen LogP contribution in [0.5, 0.6) is 5.75 Å². The van der Waals surface area contributed by atoms with Gasteiger partial charge in [-0.15, -0.1) is 0 Å². The quantitative estimate of drug-likeness (QED) is 0.511. The number of pyridine rings is 1. The van der Waals surface area contributed by atoms with Gasteiger partial charge in [0.2, 0.25) is 11.9 Å². The van der Waals surface area contributed by atoms with Gasteiger partial charge in [0.05, 0.1) is 18.5 Å². The van der Waals surface area contributed by atoms with E-state index in [9.17, 15) is 9.59 Å². The smallest absolute Gasteiger partial charge is 0.410 e. The van der Waals surface area contributed by atoms with E-state index in [2.05, 4.69) is 15.9 Å². The number of hydrogen-bond acceptors (Lipinski definition) is 5. The Labute approximate surface area is 220 Å². The second kappa shape index (κ2) is 12.0. The third-order valence-corrected chi connectivity index (χ3v) is 7.54. The number of likely N-dealkylation sites (tertiary alicyclic amines) is 2. The molecule has 0 saturated carbocycles. The Morgan fingerprint density at radius 3 is 2.32 bits per heavy atom. The predicted octanol–water partition coefficient (Wildman–Crippen LogP) is 5.20. The molecule has 0 bridgehead atoms. The zero-order chi connectivity index (χ0) is 26.4. The maximum absolute atomic E-state index is 12.9. The van der Waals surface area contributed by atoms with E-state index in [4.69, 9.17) is 16.0 Å². The van der Waals surface area contributed by atoms with Crippen molar-refractivity contribution in [1.82, 2.24) is 14.8 Å². The van der Waals surface area contributed by atoms with Gasteiger partial charge in [0.25, 0.3) is 0 Å². The molecule has 0 aromatic carbocycles. The lowest BCUT2D eigenvalue weighted by Crippen LogP contribution is -2.42. The van der Waals surface area contributed by atoms with Crippen LogP contribution >= 0.6 is 0 Å². The minimum Gasteiger partial charge on any atom is -0.492 e. The first kappa shape index (κ1) is 27.0. The molecule has 37 heavy (non-hydrogen) atoms. The summed E-state index contributed by atoms with van der Waals surface area (Å²) in [4.78, 5) is 37.1. The minimum absolute atomic E-state index is 0.0394. The molecule has 0 spiro atoms. The predicted molar refractivity (Wildman–Crippen MR) is 142 cm³/mol. The van der Waals surface area contributed by atoms with Crippen molar-refractivity contribution in [1.29, 1.82) is 0 Å². The maximum atomic E-state index is 12.9. The standard InChI is InChI=1S/C29H40N4O4/c1-29(2,3)37-28(35)33-15-11-21(12-16-33)20-36-25-9-10-26(31-19-25)22-5-7-23(8-6-22)27(34)32-17-13-24(30-4)14-18-32/h5,9-10,19,21,23-24H,6-8,11-18,20H2,1-3H3. The fourth-order valence-electron chi connectivity index (χ4n) is 5.24. The highest BCUT2D eigenvalue weighted by Gasteiger charge is 2.31. The average Bonchev–Trinajstić information content (AvgIpc) is 2.91. The molecule has 8 heteroatoms. The van der Waals surface area contributed by atoms with E-state index in [0.717, 1.165) is 56.4 Å². The molecule has 3 heterocycles. The third-order valence-electron chi connectivity index (χ3n) is 7.54. The molecule has 1 aliphatic carbocycles. The summed E-state index contributed by atoms with van der Waals surface area (Å²) in [5.41, 5.74) is 1.67. The lowest BCUT2D eigenvalue weighted by atomic mass is 9.86. The van der Waals surface area contributed by atoms with Gasteiger partial charge in [0.1, 0.15) is 11.4 Å². The van der Waals surface area contributed by atoms with Crippen molar-refractivity contribution in [3.63, 3.8) is 0 Å². The molecular formula is C29H40N4O4. The van der Waals surface area contributed by atoms with Crippen molar-refractivity contribution >= 4 is 17.6 Å². The fourth-order valence-corrected chi connectivity index (χ4v) is 5.24. The van der Waals surface area contributed by atoms with E-state index in [1.54, 1.807) is 11.1 Å². The Kier molecular flexibility index (Phi) is 8.73. The van der Waals surface area contributed by atoms with Crippen molar-refractivity contribution in [2.45, 2.75) is 77.4 Å². The highest BCUT2D eigenvalue weighted by Crippen LogP contribution is 2.32. The van der Waals surface area contributed by atoms with Gasteiger partial charge in [-0.2, -0.15) is 0 Å². The molecule has 2 aliphatic heterocycles. The third kappa shape index (κ3) is 7.47. The molecule has 0 N–H and O–H groups in total. The summed E-state index contributed by atoms with van der Waals surface area (Å²) in [6, 6.07) is 4.05. The van der Waals surface area contributed by atoms with Crippen molar-refractivity contribution in [2.24, 2.45) is 11.8 Å². The summed E-state index contributed by atoms with van der Waals surface area (Å²) in [7, 11) is 0. The number of aromatic nitrogens is 1. The number of allylic oxidation sites excluding steroid dienone is 2. The molecule has 2 fully saturated rings. The van der Waals surface area contributed by atoms with Crippen LogP contribution < -0.4 is 4.74 Å². The molecule has 1 aromatic heterocycles. The summed E-state index contributed by atoms with van der Waals surface area (Å²) in [5, 5.41) is 0. The number of carbonyl (C=O) groups is 2. The first-order valence-corrected chi connectivity index (χ1v) is 13.6. The first-order valence-electron chi connectivity index (χ1n) is 13.6. The number of nitrogens with zero attached hydrogens (tertiary/aromatic N) is 4. The summed E-state index contributed by atoms with van der Waals surface area (Å²) in [6.45, 7) is 16.3. The Bertz CT molecular complexity index is 1010. The molecule has 1 unspecified atom stereocenters. The molecule has 200 valence electrons. The number of ether oxygens (including phenoxy) is 2. The second-order valence-corrected chi connectivity index (χ2v) is 11.5. The Morgan fingerprint density at radius 2 is 1.76 bits per heavy atom. The summed E-state index contributed by atoms with van der Waals surface area (Å²) in [5.74, 6) is 1.44. The zero-order valence-electron chi connectivity index (χ0n) is 22.4. The lowest BCUT2D eigenvalue weighted by molar-refractivity contribution is -0.136. The van der Waals surface area contributed by atoms with Crippen molar-refractivity contribution in [3.8, 4) is 5.75 Å². The molecule has 2 saturated heterocycles. The number of amides is 2. The summed E-state index contributed by atoms with van der Waals surface area (Å²) < 4.78 is 11.5. The van der Waals surface area contributed by atoms with E-state index in [0.29, 0.717) is 38.7 Å². The lowest BCUT2D eigenvalue weighted by Gasteiger charge is -2.33. The zero-order valence-corrected chi connectivity index (χ0v) is 22.4. The van der Waals surface area contributed by atoms with Gasteiger partial charge in [-0.1, -0.05) is 6.08 Å². The SMILES string of the molecule is [C-]#[N+]C1CCN(C(=O)C2CC=C(c3ccc(OCC4CCN(C(=O)OC(C)(C)C)CC4)cn3)CC2)CC1. The van der Waals surface area contributed by atoms with E-state index < -0.39 is 5.60 Å². The number of piperidine rings is 2. The molecular weight excluding hydrogens is 468 g/mol. The Balaban J connectivity index is 1.20. The normalized spacial score (nSPS) is 21.7. The largest absolute Gasteiger partial charge is 0.492 e. The van der Waals surface area contributed by atoms with Crippen molar-refractivity contribution in [2.75, 3.05) is 32.8 Å². The Hall–Kier alpha value is -3.08. The van der Waals surface area contributed by atoms with Gasteiger partial charge in [-0.3, -0.25) is 9.78 Å². The summed E-state index contributed by atoms with van der Waals surface area (Å²) >= 11 is 0. The van der Waals surface area contributed by atoms with Gasteiger partial charge >= 0.3 is 6.09 Å². The van der Waals surface area contributed by atoms with E-state index in [-0.39, 0.29) is 24.0 Å². The minimum atomic E-state index is -0.472. The highest BCUT2D eigenvalue weighted by molar-refractivity contribution is 5.80.